The smallest absolute Gasteiger partial charge is 0.337 e. The topological polar surface area (TPSA) is 43.8 Å². The van der Waals surface area contributed by atoms with Crippen LogP contribution in [-0.4, -0.2) is 48.2 Å². The third-order valence-corrected chi connectivity index (χ3v) is 3.65. The molecule has 1 fully saturated rings. The predicted molar refractivity (Wildman–Crippen MR) is 72.3 cm³/mol. The van der Waals surface area contributed by atoms with Gasteiger partial charge in [-0.2, -0.15) is 0 Å². The number of benzene rings is 1. The summed E-state index contributed by atoms with van der Waals surface area (Å²) in [6.45, 7) is 8.18. The van der Waals surface area contributed by atoms with Gasteiger partial charge >= 0.3 is 5.97 Å². The lowest BCUT2D eigenvalue weighted by atomic mass is 10.1. The fourth-order valence-electron chi connectivity index (χ4n) is 2.61. The highest BCUT2D eigenvalue weighted by Gasteiger charge is 2.24. The Balaban J connectivity index is 2.20. The minimum atomic E-state index is -0.851. The zero-order valence-electron chi connectivity index (χ0n) is 11.0. The van der Waals surface area contributed by atoms with Gasteiger partial charge in [-0.15, -0.1) is 0 Å². The molecule has 4 nitrogen and oxygen atoms in total. The molecule has 1 unspecified atom stereocenters. The summed E-state index contributed by atoms with van der Waals surface area (Å²) in [5.74, 6) is -0.851. The molecule has 1 aromatic rings. The Labute approximate surface area is 108 Å². The van der Waals surface area contributed by atoms with Crippen LogP contribution in [0.3, 0.4) is 0 Å². The first-order valence-electron chi connectivity index (χ1n) is 6.44. The molecule has 18 heavy (non-hydrogen) atoms. The van der Waals surface area contributed by atoms with Crippen molar-refractivity contribution >= 4 is 11.7 Å². The summed E-state index contributed by atoms with van der Waals surface area (Å²) >= 11 is 0. The van der Waals surface area contributed by atoms with E-state index in [0.717, 1.165) is 31.9 Å². The van der Waals surface area contributed by atoms with Crippen LogP contribution in [0.4, 0.5) is 5.69 Å². The Morgan fingerprint density at radius 2 is 2.11 bits per heavy atom. The Hall–Kier alpha value is -1.55. The van der Waals surface area contributed by atoms with Crippen molar-refractivity contribution in [3.05, 3.63) is 29.8 Å². The Morgan fingerprint density at radius 1 is 1.39 bits per heavy atom. The summed E-state index contributed by atoms with van der Waals surface area (Å²) in [4.78, 5) is 15.8. The van der Waals surface area contributed by atoms with Crippen molar-refractivity contribution in [3.63, 3.8) is 0 Å². The number of likely N-dealkylation sites (N-methyl/N-ethyl adjacent to an activating group) is 1. The first kappa shape index (κ1) is 12.9. The van der Waals surface area contributed by atoms with Crippen molar-refractivity contribution in [3.8, 4) is 0 Å². The zero-order chi connectivity index (χ0) is 13.1. The zero-order valence-corrected chi connectivity index (χ0v) is 11.0. The monoisotopic (exact) mass is 248 g/mol. The molecular formula is C14H20N2O2. The summed E-state index contributed by atoms with van der Waals surface area (Å²) in [6, 6.07) is 7.72. The van der Waals surface area contributed by atoms with Crippen LogP contribution in [0.2, 0.25) is 0 Å². The van der Waals surface area contributed by atoms with Crippen molar-refractivity contribution in [1.29, 1.82) is 0 Å². The van der Waals surface area contributed by atoms with Gasteiger partial charge in [-0.3, -0.25) is 4.90 Å². The molecule has 0 amide bonds. The van der Waals surface area contributed by atoms with Gasteiger partial charge in [0.15, 0.2) is 0 Å². The van der Waals surface area contributed by atoms with Crippen LogP contribution in [0.25, 0.3) is 0 Å². The first-order valence-corrected chi connectivity index (χ1v) is 6.44. The van der Waals surface area contributed by atoms with Crippen LogP contribution >= 0.6 is 0 Å². The summed E-state index contributed by atoms with van der Waals surface area (Å²) < 4.78 is 0. The van der Waals surface area contributed by atoms with E-state index < -0.39 is 5.97 Å². The van der Waals surface area contributed by atoms with E-state index in [1.165, 1.54) is 0 Å². The molecule has 1 aromatic carbocycles. The molecule has 0 aliphatic carbocycles. The highest BCUT2D eigenvalue weighted by molar-refractivity contribution is 5.94. The molecule has 1 aliphatic heterocycles. The van der Waals surface area contributed by atoms with E-state index >= 15 is 0 Å². The maximum atomic E-state index is 11.2. The number of carboxylic acid groups (broad SMARTS) is 1. The summed E-state index contributed by atoms with van der Waals surface area (Å²) in [5.41, 5.74) is 1.24. The van der Waals surface area contributed by atoms with Gasteiger partial charge in [0, 0.05) is 25.7 Å². The van der Waals surface area contributed by atoms with Gasteiger partial charge in [0.05, 0.1) is 11.3 Å². The van der Waals surface area contributed by atoms with Crippen LogP contribution in [-0.2, 0) is 0 Å². The third-order valence-electron chi connectivity index (χ3n) is 3.65. The quantitative estimate of drug-likeness (QED) is 0.887. The van der Waals surface area contributed by atoms with Gasteiger partial charge < -0.3 is 10.0 Å². The van der Waals surface area contributed by atoms with Crippen LogP contribution < -0.4 is 4.90 Å². The van der Waals surface area contributed by atoms with E-state index in [9.17, 15) is 9.90 Å². The molecule has 1 aliphatic rings. The molecule has 0 spiro atoms. The fraction of sp³-hybridized carbons (Fsp3) is 0.500. The molecule has 0 radical (unpaired) electrons. The van der Waals surface area contributed by atoms with Crippen molar-refractivity contribution in [2.75, 3.05) is 31.1 Å². The molecule has 0 saturated carbocycles. The molecule has 98 valence electrons. The van der Waals surface area contributed by atoms with Gasteiger partial charge in [0.1, 0.15) is 0 Å². The van der Waals surface area contributed by atoms with E-state index in [2.05, 4.69) is 23.6 Å². The molecule has 0 aromatic heterocycles. The minimum absolute atomic E-state index is 0.398. The second-order valence-electron chi connectivity index (χ2n) is 4.75. The van der Waals surface area contributed by atoms with Crippen molar-refractivity contribution in [1.82, 2.24) is 4.90 Å². The van der Waals surface area contributed by atoms with Gasteiger partial charge in [-0.25, -0.2) is 4.79 Å². The number of hydrogen-bond acceptors (Lipinski definition) is 3. The molecule has 1 atom stereocenters. The molecule has 2 rings (SSSR count). The summed E-state index contributed by atoms with van der Waals surface area (Å²) in [5, 5.41) is 9.22. The van der Waals surface area contributed by atoms with E-state index in [1.54, 1.807) is 12.1 Å². The van der Waals surface area contributed by atoms with Gasteiger partial charge in [0.25, 0.3) is 0 Å². The maximum absolute atomic E-state index is 11.2. The van der Waals surface area contributed by atoms with E-state index in [-0.39, 0.29) is 0 Å². The van der Waals surface area contributed by atoms with Gasteiger partial charge in [-0.1, -0.05) is 19.1 Å². The van der Waals surface area contributed by atoms with Crippen LogP contribution in [0.15, 0.2) is 24.3 Å². The average molecular weight is 248 g/mol. The van der Waals surface area contributed by atoms with Crippen LogP contribution in [0.5, 0.6) is 0 Å². The molecular weight excluding hydrogens is 228 g/mol. The van der Waals surface area contributed by atoms with Gasteiger partial charge in [0.2, 0.25) is 0 Å². The highest BCUT2D eigenvalue weighted by atomic mass is 16.4. The van der Waals surface area contributed by atoms with Crippen molar-refractivity contribution in [2.24, 2.45) is 0 Å². The van der Waals surface area contributed by atoms with E-state index in [4.69, 9.17) is 0 Å². The number of carboxylic acids is 1. The van der Waals surface area contributed by atoms with E-state index in [1.807, 2.05) is 12.1 Å². The minimum Gasteiger partial charge on any atom is -0.478 e. The number of para-hydroxylation sites is 1. The lowest BCUT2D eigenvalue weighted by Crippen LogP contribution is -2.52. The molecule has 0 bridgehead atoms. The average Bonchev–Trinajstić information content (AvgIpc) is 2.38. The molecule has 1 saturated heterocycles. The largest absolute Gasteiger partial charge is 0.478 e. The SMILES string of the molecule is CCN1CCN(c2ccccc2C(=O)O)CC1C. The van der Waals surface area contributed by atoms with Crippen molar-refractivity contribution < 1.29 is 9.90 Å². The molecule has 1 heterocycles. The third kappa shape index (κ3) is 2.48. The van der Waals surface area contributed by atoms with Gasteiger partial charge in [-0.05, 0) is 25.6 Å². The summed E-state index contributed by atoms with van der Waals surface area (Å²) in [6.07, 6.45) is 0. The number of hydrogen-bond donors (Lipinski definition) is 1. The van der Waals surface area contributed by atoms with Crippen molar-refractivity contribution in [2.45, 2.75) is 19.9 Å². The Bertz CT molecular complexity index is 434. The number of rotatable bonds is 3. The lowest BCUT2D eigenvalue weighted by Gasteiger charge is -2.40. The highest BCUT2D eigenvalue weighted by Crippen LogP contribution is 2.23. The second-order valence-corrected chi connectivity index (χ2v) is 4.75. The maximum Gasteiger partial charge on any atom is 0.337 e. The Morgan fingerprint density at radius 3 is 2.72 bits per heavy atom. The number of nitrogens with zero attached hydrogens (tertiary/aromatic N) is 2. The van der Waals surface area contributed by atoms with E-state index in [0.29, 0.717) is 11.6 Å². The Kier molecular flexibility index (Phi) is 3.87. The lowest BCUT2D eigenvalue weighted by molar-refractivity contribution is 0.0697. The molecule has 1 N–H and O–H groups in total. The number of carbonyl (C=O) groups is 1. The number of aromatic carboxylic acids is 1. The standard InChI is InChI=1S/C14H20N2O2/c1-3-15-8-9-16(10-11(15)2)13-7-5-4-6-12(13)14(17)18/h4-7,11H,3,8-10H2,1-2H3,(H,17,18). The van der Waals surface area contributed by atoms with Crippen LogP contribution in [0.1, 0.15) is 24.2 Å². The number of anilines is 1. The molecule has 4 heteroatoms. The predicted octanol–water partition coefficient (Wildman–Crippen LogP) is 1.92. The summed E-state index contributed by atoms with van der Waals surface area (Å²) in [7, 11) is 0. The number of piperazine rings is 1. The first-order chi connectivity index (χ1) is 8.63. The van der Waals surface area contributed by atoms with Crippen LogP contribution in [0, 0.1) is 0 Å². The second kappa shape index (κ2) is 5.40. The fourth-order valence-corrected chi connectivity index (χ4v) is 2.61. The normalized spacial score (nSPS) is 21.0.